The molecule has 1 unspecified atom stereocenters. The Balaban J connectivity index is 1.55. The zero-order chi connectivity index (χ0) is 19.4. The molecule has 0 saturated heterocycles. The van der Waals surface area contributed by atoms with Gasteiger partial charge in [0.15, 0.2) is 12.4 Å². The standard InChI is InChI=1S/C21H23NO4S/c1-3-14-7-8-18-16(9-14)11-19(27-18)21(25)26-12-20(24)22-17-6-4-5-15(10-17)13(2)23/h4-6,10-11,14H,3,7-9,12H2,1-2H3,(H,22,24). The highest BCUT2D eigenvalue weighted by molar-refractivity contribution is 7.14. The van der Waals surface area contributed by atoms with Crippen LogP contribution in [0.25, 0.3) is 0 Å². The minimum atomic E-state index is -0.463. The highest BCUT2D eigenvalue weighted by atomic mass is 32.1. The molecule has 2 aromatic rings. The third kappa shape index (κ3) is 4.83. The van der Waals surface area contributed by atoms with Gasteiger partial charge < -0.3 is 10.1 Å². The SMILES string of the molecule is CCC1CCc2sc(C(=O)OCC(=O)Nc3cccc(C(C)=O)c3)cc2C1. The molecular weight excluding hydrogens is 362 g/mol. The number of fused-ring (bicyclic) bond motifs is 1. The van der Waals surface area contributed by atoms with E-state index < -0.39 is 11.9 Å². The van der Waals surface area contributed by atoms with Crippen LogP contribution in [0.4, 0.5) is 5.69 Å². The highest BCUT2D eigenvalue weighted by Crippen LogP contribution is 2.33. The second kappa shape index (κ2) is 8.48. The summed E-state index contributed by atoms with van der Waals surface area (Å²) in [5, 5.41) is 2.64. The number of ether oxygens (including phenoxy) is 1. The van der Waals surface area contributed by atoms with Crippen molar-refractivity contribution in [2.75, 3.05) is 11.9 Å². The lowest BCUT2D eigenvalue weighted by molar-refractivity contribution is -0.119. The molecule has 142 valence electrons. The fourth-order valence-corrected chi connectivity index (χ4v) is 4.37. The predicted molar refractivity (Wildman–Crippen MR) is 105 cm³/mol. The number of anilines is 1. The smallest absolute Gasteiger partial charge is 0.348 e. The molecule has 1 aliphatic carbocycles. The van der Waals surface area contributed by atoms with Crippen molar-refractivity contribution in [3.63, 3.8) is 0 Å². The number of carbonyl (C=O) groups excluding carboxylic acids is 3. The van der Waals surface area contributed by atoms with Gasteiger partial charge in [-0.15, -0.1) is 11.3 Å². The van der Waals surface area contributed by atoms with Crippen LogP contribution in [0.2, 0.25) is 0 Å². The van der Waals surface area contributed by atoms with Crippen LogP contribution in [-0.2, 0) is 22.4 Å². The molecule has 0 radical (unpaired) electrons. The Kier molecular flexibility index (Phi) is 6.06. The number of Topliss-reactive ketones (excluding diaryl/α,β-unsaturated/α-hetero) is 1. The average Bonchev–Trinajstić information content (AvgIpc) is 3.09. The Hall–Kier alpha value is -2.47. The number of nitrogens with one attached hydrogen (secondary N) is 1. The number of amides is 1. The second-order valence-corrected chi connectivity index (χ2v) is 7.97. The van der Waals surface area contributed by atoms with Crippen molar-refractivity contribution >= 4 is 34.7 Å². The van der Waals surface area contributed by atoms with E-state index in [0.717, 1.165) is 19.3 Å². The largest absolute Gasteiger partial charge is 0.451 e. The minimum Gasteiger partial charge on any atom is -0.451 e. The molecule has 1 aliphatic rings. The Bertz CT molecular complexity index is 871. The topological polar surface area (TPSA) is 72.5 Å². The van der Waals surface area contributed by atoms with Crippen molar-refractivity contribution in [3.8, 4) is 0 Å². The normalized spacial score (nSPS) is 15.7. The van der Waals surface area contributed by atoms with Gasteiger partial charge in [-0.05, 0) is 55.9 Å². The van der Waals surface area contributed by atoms with Crippen LogP contribution < -0.4 is 5.32 Å². The maximum atomic E-state index is 12.3. The number of thiophene rings is 1. The van der Waals surface area contributed by atoms with Crippen molar-refractivity contribution in [3.05, 3.63) is 51.2 Å². The van der Waals surface area contributed by atoms with Gasteiger partial charge in [0, 0.05) is 16.1 Å². The molecule has 1 N–H and O–H groups in total. The number of ketones is 1. The van der Waals surface area contributed by atoms with Crippen LogP contribution in [0.3, 0.4) is 0 Å². The van der Waals surface area contributed by atoms with Crippen molar-refractivity contribution < 1.29 is 19.1 Å². The fourth-order valence-electron chi connectivity index (χ4n) is 3.26. The van der Waals surface area contributed by atoms with Crippen molar-refractivity contribution in [1.29, 1.82) is 0 Å². The van der Waals surface area contributed by atoms with Crippen LogP contribution in [0.15, 0.2) is 30.3 Å². The van der Waals surface area contributed by atoms with E-state index in [2.05, 4.69) is 12.2 Å². The van der Waals surface area contributed by atoms with E-state index in [-0.39, 0.29) is 12.4 Å². The monoisotopic (exact) mass is 385 g/mol. The van der Waals surface area contributed by atoms with Crippen LogP contribution in [0.1, 0.15) is 57.2 Å². The Morgan fingerprint density at radius 1 is 1.26 bits per heavy atom. The van der Waals surface area contributed by atoms with Gasteiger partial charge in [-0.1, -0.05) is 25.5 Å². The maximum absolute atomic E-state index is 12.3. The van der Waals surface area contributed by atoms with Gasteiger partial charge in [0.05, 0.1) is 0 Å². The molecule has 1 amide bonds. The number of aryl methyl sites for hydroxylation is 1. The van der Waals surface area contributed by atoms with E-state index in [9.17, 15) is 14.4 Å². The number of carbonyl (C=O) groups is 3. The first-order valence-electron chi connectivity index (χ1n) is 9.15. The Morgan fingerprint density at radius 3 is 2.81 bits per heavy atom. The van der Waals surface area contributed by atoms with Crippen molar-refractivity contribution in [2.45, 2.75) is 39.5 Å². The second-order valence-electron chi connectivity index (χ2n) is 6.84. The summed E-state index contributed by atoms with van der Waals surface area (Å²) in [7, 11) is 0. The molecule has 5 nitrogen and oxygen atoms in total. The first-order valence-corrected chi connectivity index (χ1v) is 9.97. The molecule has 0 aliphatic heterocycles. The molecule has 0 spiro atoms. The summed E-state index contributed by atoms with van der Waals surface area (Å²) in [5.41, 5.74) is 2.26. The zero-order valence-electron chi connectivity index (χ0n) is 15.5. The number of esters is 1. The van der Waals surface area contributed by atoms with E-state index in [1.807, 2.05) is 6.07 Å². The van der Waals surface area contributed by atoms with Gasteiger partial charge >= 0.3 is 5.97 Å². The summed E-state index contributed by atoms with van der Waals surface area (Å²) in [4.78, 5) is 37.5. The average molecular weight is 385 g/mol. The predicted octanol–water partition coefficient (Wildman–Crippen LogP) is 4.26. The van der Waals surface area contributed by atoms with Crippen LogP contribution >= 0.6 is 11.3 Å². The van der Waals surface area contributed by atoms with Crippen LogP contribution in [0, 0.1) is 5.92 Å². The third-order valence-electron chi connectivity index (χ3n) is 4.85. The van der Waals surface area contributed by atoms with Gasteiger partial charge in [0.25, 0.3) is 5.91 Å². The number of hydrogen-bond donors (Lipinski definition) is 1. The zero-order valence-corrected chi connectivity index (χ0v) is 16.4. The van der Waals surface area contributed by atoms with Gasteiger partial charge in [0.1, 0.15) is 4.88 Å². The summed E-state index contributed by atoms with van der Waals surface area (Å²) in [6.45, 7) is 3.30. The molecule has 1 heterocycles. The van der Waals surface area contributed by atoms with Gasteiger partial charge in [-0.25, -0.2) is 4.79 Å². The van der Waals surface area contributed by atoms with Gasteiger partial charge in [0.2, 0.25) is 0 Å². The van der Waals surface area contributed by atoms with Crippen molar-refractivity contribution in [2.24, 2.45) is 5.92 Å². The van der Waals surface area contributed by atoms with E-state index in [1.165, 1.54) is 35.1 Å². The van der Waals surface area contributed by atoms with Crippen LogP contribution in [0.5, 0.6) is 0 Å². The van der Waals surface area contributed by atoms with Crippen molar-refractivity contribution in [1.82, 2.24) is 0 Å². The molecule has 0 fully saturated rings. The number of rotatable bonds is 6. The lowest BCUT2D eigenvalue weighted by Gasteiger charge is -2.19. The Morgan fingerprint density at radius 2 is 2.07 bits per heavy atom. The minimum absolute atomic E-state index is 0.0792. The third-order valence-corrected chi connectivity index (χ3v) is 6.07. The molecule has 27 heavy (non-hydrogen) atoms. The molecule has 0 saturated carbocycles. The molecule has 3 rings (SSSR count). The summed E-state index contributed by atoms with van der Waals surface area (Å²) < 4.78 is 5.16. The van der Waals surface area contributed by atoms with E-state index in [1.54, 1.807) is 24.3 Å². The Labute approximate surface area is 162 Å². The molecule has 1 atom stereocenters. The molecule has 6 heteroatoms. The molecule has 1 aromatic carbocycles. The quantitative estimate of drug-likeness (QED) is 0.596. The lowest BCUT2D eigenvalue weighted by Crippen LogP contribution is -2.20. The number of benzene rings is 1. The van der Waals surface area contributed by atoms with Crippen LogP contribution in [-0.4, -0.2) is 24.3 Å². The summed E-state index contributed by atoms with van der Waals surface area (Å²) >= 11 is 1.47. The molecule has 1 aromatic heterocycles. The first kappa shape index (κ1) is 19.3. The maximum Gasteiger partial charge on any atom is 0.348 e. The summed E-state index contributed by atoms with van der Waals surface area (Å²) in [6, 6.07) is 8.57. The molecule has 0 bridgehead atoms. The highest BCUT2D eigenvalue weighted by Gasteiger charge is 2.23. The van der Waals surface area contributed by atoms with E-state index in [0.29, 0.717) is 22.0 Å². The van der Waals surface area contributed by atoms with E-state index in [4.69, 9.17) is 4.74 Å². The van der Waals surface area contributed by atoms with Gasteiger partial charge in [-0.2, -0.15) is 0 Å². The number of hydrogen-bond acceptors (Lipinski definition) is 5. The molecular formula is C21H23NO4S. The lowest BCUT2D eigenvalue weighted by atomic mass is 9.87. The van der Waals surface area contributed by atoms with Gasteiger partial charge in [-0.3, -0.25) is 9.59 Å². The fraction of sp³-hybridized carbons (Fsp3) is 0.381. The van der Waals surface area contributed by atoms with E-state index >= 15 is 0 Å². The first-order chi connectivity index (χ1) is 13.0. The summed E-state index contributed by atoms with van der Waals surface area (Å²) in [6.07, 6.45) is 4.35. The summed E-state index contributed by atoms with van der Waals surface area (Å²) in [5.74, 6) is -0.288.